The fourth-order valence-electron chi connectivity index (χ4n) is 2.49. The van der Waals surface area contributed by atoms with E-state index in [2.05, 4.69) is 4.72 Å². The van der Waals surface area contributed by atoms with Crippen molar-refractivity contribution in [2.24, 2.45) is 0 Å². The molecule has 0 radical (unpaired) electrons. The average Bonchev–Trinajstić information content (AvgIpc) is 2.52. The SMILES string of the molecule is Cc1cc(C(=O)O)cc(S(=O)(=O)Nc2cccc(CS(C)(=O)=O)c2C)c1F. The van der Waals surface area contributed by atoms with Crippen LogP contribution in [-0.4, -0.2) is 34.2 Å². The average molecular weight is 415 g/mol. The number of hydrogen-bond acceptors (Lipinski definition) is 5. The minimum absolute atomic E-state index is 0.0777. The molecule has 146 valence electrons. The van der Waals surface area contributed by atoms with Gasteiger partial charge in [0.05, 0.1) is 17.0 Å². The standard InChI is InChI=1S/C17H18FNO6S2/c1-10-7-13(17(20)21)8-15(16(10)18)27(24,25)19-14-6-4-5-12(11(14)2)9-26(3,22)23/h4-8,19H,9H2,1-3H3,(H,20,21). The van der Waals surface area contributed by atoms with Gasteiger partial charge < -0.3 is 5.11 Å². The molecule has 2 aromatic rings. The van der Waals surface area contributed by atoms with Crippen LogP contribution in [0.2, 0.25) is 0 Å². The maximum absolute atomic E-state index is 14.4. The number of nitrogens with one attached hydrogen (secondary N) is 1. The van der Waals surface area contributed by atoms with E-state index in [4.69, 9.17) is 5.11 Å². The summed E-state index contributed by atoms with van der Waals surface area (Å²) in [6, 6.07) is 6.20. The van der Waals surface area contributed by atoms with Crippen LogP contribution < -0.4 is 4.72 Å². The molecule has 0 amide bonds. The predicted molar refractivity (Wildman–Crippen MR) is 98.6 cm³/mol. The van der Waals surface area contributed by atoms with Crippen LogP contribution in [0.25, 0.3) is 0 Å². The van der Waals surface area contributed by atoms with Crippen molar-refractivity contribution in [3.63, 3.8) is 0 Å². The molecule has 0 fully saturated rings. The summed E-state index contributed by atoms with van der Waals surface area (Å²) in [6.07, 6.45) is 1.05. The summed E-state index contributed by atoms with van der Waals surface area (Å²) < 4.78 is 64.9. The first-order valence-electron chi connectivity index (χ1n) is 7.64. The van der Waals surface area contributed by atoms with Crippen molar-refractivity contribution < 1.29 is 31.1 Å². The molecule has 0 spiro atoms. The van der Waals surface area contributed by atoms with Gasteiger partial charge in [-0.15, -0.1) is 0 Å². The van der Waals surface area contributed by atoms with E-state index in [-0.39, 0.29) is 22.6 Å². The molecule has 2 N–H and O–H groups in total. The monoisotopic (exact) mass is 415 g/mol. The summed E-state index contributed by atoms with van der Waals surface area (Å²) in [5, 5.41) is 9.07. The summed E-state index contributed by atoms with van der Waals surface area (Å²) in [7, 11) is -7.79. The maximum Gasteiger partial charge on any atom is 0.335 e. The third kappa shape index (κ3) is 4.83. The predicted octanol–water partition coefficient (Wildman–Crippen LogP) is 2.49. The number of aryl methyl sites for hydroxylation is 1. The van der Waals surface area contributed by atoms with Gasteiger partial charge in [0.1, 0.15) is 10.7 Å². The first-order valence-corrected chi connectivity index (χ1v) is 11.2. The summed E-state index contributed by atoms with van der Waals surface area (Å²) in [4.78, 5) is 10.3. The second-order valence-corrected chi connectivity index (χ2v) is 9.97. The van der Waals surface area contributed by atoms with Gasteiger partial charge in [-0.1, -0.05) is 12.1 Å². The van der Waals surface area contributed by atoms with Gasteiger partial charge in [-0.05, 0) is 48.7 Å². The number of halogens is 1. The van der Waals surface area contributed by atoms with Gasteiger partial charge >= 0.3 is 5.97 Å². The maximum atomic E-state index is 14.4. The highest BCUT2D eigenvalue weighted by Gasteiger charge is 2.24. The van der Waals surface area contributed by atoms with Crippen molar-refractivity contribution in [3.8, 4) is 0 Å². The Labute approximate surface area is 156 Å². The second-order valence-electron chi connectivity index (χ2n) is 6.18. The van der Waals surface area contributed by atoms with Gasteiger partial charge in [0, 0.05) is 6.26 Å². The lowest BCUT2D eigenvalue weighted by Gasteiger charge is -2.15. The normalized spacial score (nSPS) is 12.0. The number of benzene rings is 2. The number of anilines is 1. The third-order valence-electron chi connectivity index (χ3n) is 3.87. The number of hydrogen-bond donors (Lipinski definition) is 2. The van der Waals surface area contributed by atoms with Gasteiger partial charge in [-0.25, -0.2) is 26.0 Å². The van der Waals surface area contributed by atoms with Gasteiger partial charge in [0.2, 0.25) is 0 Å². The summed E-state index contributed by atoms with van der Waals surface area (Å²) in [6.45, 7) is 2.80. The van der Waals surface area contributed by atoms with Gasteiger partial charge in [-0.2, -0.15) is 0 Å². The fraction of sp³-hybridized carbons (Fsp3) is 0.235. The lowest BCUT2D eigenvalue weighted by molar-refractivity contribution is 0.0696. The molecule has 0 aliphatic rings. The Morgan fingerprint density at radius 2 is 1.78 bits per heavy atom. The van der Waals surface area contributed by atoms with E-state index in [1.54, 1.807) is 6.07 Å². The highest BCUT2D eigenvalue weighted by Crippen LogP contribution is 2.26. The van der Waals surface area contributed by atoms with Crippen LogP contribution in [0, 0.1) is 19.7 Å². The Kier molecular flexibility index (Phi) is 5.62. The molecular formula is C17H18FNO6S2. The molecule has 0 heterocycles. The number of rotatable bonds is 6. The number of aromatic carboxylic acids is 1. The Hall–Kier alpha value is -2.46. The summed E-state index contributed by atoms with van der Waals surface area (Å²) in [5.41, 5.74) is 0.357. The van der Waals surface area contributed by atoms with Crippen molar-refractivity contribution in [1.29, 1.82) is 0 Å². The van der Waals surface area contributed by atoms with E-state index < -0.39 is 36.5 Å². The minimum atomic E-state index is -4.44. The minimum Gasteiger partial charge on any atom is -0.478 e. The molecule has 27 heavy (non-hydrogen) atoms. The van der Waals surface area contributed by atoms with E-state index in [0.717, 1.165) is 18.4 Å². The van der Waals surface area contributed by atoms with Crippen LogP contribution in [0.4, 0.5) is 10.1 Å². The molecule has 0 unspecified atom stereocenters. The molecule has 0 bridgehead atoms. The number of carboxylic acid groups (broad SMARTS) is 1. The second kappa shape index (κ2) is 7.28. The van der Waals surface area contributed by atoms with Crippen molar-refractivity contribution in [3.05, 3.63) is 58.4 Å². The largest absolute Gasteiger partial charge is 0.478 e. The summed E-state index contributed by atoms with van der Waals surface area (Å²) in [5.74, 6) is -2.73. The number of sulfone groups is 1. The Bertz CT molecular complexity index is 1120. The molecule has 0 saturated heterocycles. The molecule has 2 aromatic carbocycles. The molecule has 0 aliphatic heterocycles. The fourth-order valence-corrected chi connectivity index (χ4v) is 4.67. The molecule has 0 aromatic heterocycles. The van der Waals surface area contributed by atoms with Crippen LogP contribution in [0.15, 0.2) is 35.2 Å². The summed E-state index contributed by atoms with van der Waals surface area (Å²) >= 11 is 0. The first kappa shape index (κ1) is 20.8. The lowest BCUT2D eigenvalue weighted by Crippen LogP contribution is -2.17. The van der Waals surface area contributed by atoms with Crippen LogP contribution in [0.5, 0.6) is 0 Å². The van der Waals surface area contributed by atoms with Crippen molar-refractivity contribution >= 4 is 31.5 Å². The Morgan fingerprint density at radius 1 is 1.15 bits per heavy atom. The zero-order chi connectivity index (χ0) is 20.6. The van der Waals surface area contributed by atoms with Gasteiger partial charge in [0.15, 0.2) is 9.84 Å². The van der Waals surface area contributed by atoms with Gasteiger partial charge in [-0.3, -0.25) is 4.72 Å². The molecule has 10 heteroatoms. The van der Waals surface area contributed by atoms with Crippen LogP contribution >= 0.6 is 0 Å². The molecule has 0 aliphatic carbocycles. The molecular weight excluding hydrogens is 397 g/mol. The van der Waals surface area contributed by atoms with Crippen LogP contribution in [0.1, 0.15) is 27.0 Å². The van der Waals surface area contributed by atoms with E-state index in [0.29, 0.717) is 11.1 Å². The topological polar surface area (TPSA) is 118 Å². The van der Waals surface area contributed by atoms with Crippen molar-refractivity contribution in [1.82, 2.24) is 0 Å². The van der Waals surface area contributed by atoms with Crippen LogP contribution in [-0.2, 0) is 25.6 Å². The zero-order valence-electron chi connectivity index (χ0n) is 14.8. The van der Waals surface area contributed by atoms with Crippen molar-refractivity contribution in [2.75, 3.05) is 11.0 Å². The van der Waals surface area contributed by atoms with E-state index in [9.17, 15) is 26.0 Å². The number of sulfonamides is 1. The van der Waals surface area contributed by atoms with E-state index in [1.165, 1.54) is 26.0 Å². The smallest absolute Gasteiger partial charge is 0.335 e. The van der Waals surface area contributed by atoms with Crippen molar-refractivity contribution in [2.45, 2.75) is 24.5 Å². The Morgan fingerprint density at radius 3 is 2.33 bits per heavy atom. The Balaban J connectivity index is 2.52. The highest BCUT2D eigenvalue weighted by atomic mass is 32.2. The van der Waals surface area contributed by atoms with E-state index >= 15 is 0 Å². The molecule has 2 rings (SSSR count). The van der Waals surface area contributed by atoms with Crippen LogP contribution in [0.3, 0.4) is 0 Å². The number of carboxylic acids is 1. The van der Waals surface area contributed by atoms with Gasteiger partial charge in [0.25, 0.3) is 10.0 Å². The first-order chi connectivity index (χ1) is 12.3. The molecule has 0 atom stereocenters. The highest BCUT2D eigenvalue weighted by molar-refractivity contribution is 7.92. The molecule has 7 nitrogen and oxygen atoms in total. The molecule has 0 saturated carbocycles. The third-order valence-corrected chi connectivity index (χ3v) is 6.07. The number of carbonyl (C=O) groups is 1. The zero-order valence-corrected chi connectivity index (χ0v) is 16.4. The lowest BCUT2D eigenvalue weighted by atomic mass is 10.1. The van der Waals surface area contributed by atoms with E-state index in [1.807, 2.05) is 0 Å². The quantitative estimate of drug-likeness (QED) is 0.748.